The van der Waals surface area contributed by atoms with Crippen LogP contribution in [0.4, 0.5) is 0 Å². The molecule has 0 aromatic carbocycles. The second kappa shape index (κ2) is 8.13. The van der Waals surface area contributed by atoms with Gasteiger partial charge >= 0.3 is 0 Å². The van der Waals surface area contributed by atoms with Crippen LogP contribution in [0.3, 0.4) is 0 Å². The van der Waals surface area contributed by atoms with Crippen molar-refractivity contribution in [1.29, 1.82) is 0 Å². The van der Waals surface area contributed by atoms with Gasteiger partial charge in [0.15, 0.2) is 0 Å². The van der Waals surface area contributed by atoms with Crippen molar-refractivity contribution in [3.63, 3.8) is 0 Å². The number of carbonyl (C=O) groups is 2. The number of carbonyl (C=O) groups excluding carboxylic acids is 2. The van der Waals surface area contributed by atoms with Crippen LogP contribution in [0.5, 0.6) is 0 Å². The smallest absolute Gasteiger partial charge is 0.271 e. The van der Waals surface area contributed by atoms with Crippen molar-refractivity contribution >= 4 is 33.4 Å². The monoisotopic (exact) mass is 415 g/mol. The number of hydrogen-bond donors (Lipinski definition) is 1. The molecule has 1 aliphatic heterocycles. The van der Waals surface area contributed by atoms with E-state index in [1.807, 2.05) is 17.9 Å². The van der Waals surface area contributed by atoms with Crippen molar-refractivity contribution in [2.24, 2.45) is 0 Å². The fraction of sp³-hybridized carbons (Fsp3) is 0.652. The molecule has 2 atom stereocenters. The Hall–Kier alpha value is -1.82. The predicted molar refractivity (Wildman–Crippen MR) is 118 cm³/mol. The predicted octanol–water partition coefficient (Wildman–Crippen LogP) is 4.94. The largest absolute Gasteiger partial charge is 0.351 e. The molecule has 0 unspecified atom stereocenters. The minimum absolute atomic E-state index is 0.000506. The minimum atomic E-state index is -0.879. The molecule has 0 spiro atoms. The summed E-state index contributed by atoms with van der Waals surface area (Å²) in [7, 11) is 0. The Morgan fingerprint density at radius 1 is 1.28 bits per heavy atom. The zero-order chi connectivity index (χ0) is 20.6. The number of hydrogen-bond acceptors (Lipinski definition) is 3. The maximum absolute atomic E-state index is 13.7. The van der Waals surface area contributed by atoms with E-state index in [4.69, 9.17) is 0 Å². The molecule has 2 aromatic rings. The standard InChI is InChI=1S/C23H33N3O2S/c1-4-16(2)26-21(27)19-14-20-18(12-13-29-20)25(19)15-23(26,3)22(28)24-17-10-8-6-5-7-9-11-17/h12-14,16-17H,4-11,15H2,1-3H3,(H,24,28)/t16-,23+/m0/s1. The number of fused-ring (bicyclic) bond motifs is 3. The topological polar surface area (TPSA) is 54.3 Å². The fourth-order valence-corrected chi connectivity index (χ4v) is 5.87. The van der Waals surface area contributed by atoms with Gasteiger partial charge in [0.2, 0.25) is 5.91 Å². The molecule has 1 N–H and O–H groups in total. The summed E-state index contributed by atoms with van der Waals surface area (Å²) in [6.07, 6.45) is 9.08. The van der Waals surface area contributed by atoms with Gasteiger partial charge in [0.25, 0.3) is 5.91 Å². The van der Waals surface area contributed by atoms with Gasteiger partial charge in [0.05, 0.1) is 16.8 Å². The number of nitrogens with one attached hydrogen (secondary N) is 1. The first-order valence-electron chi connectivity index (χ1n) is 11.2. The first-order valence-corrected chi connectivity index (χ1v) is 12.0. The van der Waals surface area contributed by atoms with Crippen molar-refractivity contribution in [2.45, 2.75) is 96.3 Å². The van der Waals surface area contributed by atoms with Gasteiger partial charge in [-0.25, -0.2) is 0 Å². The number of nitrogens with zero attached hydrogens (tertiary/aromatic N) is 2. The van der Waals surface area contributed by atoms with Gasteiger partial charge in [-0.05, 0) is 50.6 Å². The van der Waals surface area contributed by atoms with Crippen molar-refractivity contribution in [1.82, 2.24) is 14.8 Å². The molecule has 1 saturated carbocycles. The molecule has 0 bridgehead atoms. The van der Waals surface area contributed by atoms with Crippen LogP contribution in [0.25, 0.3) is 10.2 Å². The highest BCUT2D eigenvalue weighted by Crippen LogP contribution is 2.36. The zero-order valence-corrected chi connectivity index (χ0v) is 18.7. The zero-order valence-electron chi connectivity index (χ0n) is 17.9. The van der Waals surface area contributed by atoms with Crippen molar-refractivity contribution in [3.05, 3.63) is 23.2 Å². The van der Waals surface area contributed by atoms with Crippen LogP contribution < -0.4 is 5.32 Å². The lowest BCUT2D eigenvalue weighted by Gasteiger charge is -2.47. The van der Waals surface area contributed by atoms with Gasteiger partial charge in [-0.2, -0.15) is 0 Å². The van der Waals surface area contributed by atoms with Crippen LogP contribution in [0.15, 0.2) is 17.5 Å². The van der Waals surface area contributed by atoms with Crippen molar-refractivity contribution in [3.8, 4) is 0 Å². The normalized spacial score (nSPS) is 24.8. The summed E-state index contributed by atoms with van der Waals surface area (Å²) in [5, 5.41) is 5.40. The molecule has 29 heavy (non-hydrogen) atoms. The summed E-state index contributed by atoms with van der Waals surface area (Å²) in [5.41, 5.74) is 0.894. The van der Waals surface area contributed by atoms with Crippen LogP contribution in [0.2, 0.25) is 0 Å². The number of amides is 2. The van der Waals surface area contributed by atoms with Crippen LogP contribution in [-0.4, -0.2) is 38.9 Å². The Labute approximate surface area is 177 Å². The van der Waals surface area contributed by atoms with Crippen molar-refractivity contribution < 1.29 is 9.59 Å². The maximum atomic E-state index is 13.7. The van der Waals surface area contributed by atoms with Crippen molar-refractivity contribution in [2.75, 3.05) is 0 Å². The van der Waals surface area contributed by atoms with E-state index in [9.17, 15) is 9.59 Å². The Kier molecular flexibility index (Phi) is 5.74. The molecule has 2 aliphatic rings. The van der Waals surface area contributed by atoms with E-state index in [-0.39, 0.29) is 23.9 Å². The van der Waals surface area contributed by atoms with E-state index in [0.717, 1.165) is 29.5 Å². The minimum Gasteiger partial charge on any atom is -0.351 e. The summed E-state index contributed by atoms with van der Waals surface area (Å²) in [6.45, 7) is 6.60. The molecule has 158 valence electrons. The summed E-state index contributed by atoms with van der Waals surface area (Å²) in [5.74, 6) is -0.0243. The summed E-state index contributed by atoms with van der Waals surface area (Å²) < 4.78 is 3.17. The maximum Gasteiger partial charge on any atom is 0.271 e. The molecule has 4 rings (SSSR count). The van der Waals surface area contributed by atoms with Gasteiger partial charge < -0.3 is 14.8 Å². The van der Waals surface area contributed by atoms with Gasteiger partial charge in [-0.15, -0.1) is 11.3 Å². The Morgan fingerprint density at radius 2 is 1.97 bits per heavy atom. The molecular weight excluding hydrogens is 382 g/mol. The van der Waals surface area contributed by atoms with Crippen LogP contribution >= 0.6 is 11.3 Å². The van der Waals surface area contributed by atoms with E-state index in [2.05, 4.69) is 35.2 Å². The van der Waals surface area contributed by atoms with Crippen LogP contribution in [-0.2, 0) is 11.3 Å². The third-order valence-electron chi connectivity index (χ3n) is 6.92. The second-order valence-corrected chi connectivity index (χ2v) is 9.96. The van der Waals surface area contributed by atoms with Crippen LogP contribution in [0, 0.1) is 0 Å². The Morgan fingerprint density at radius 3 is 2.66 bits per heavy atom. The summed E-state index contributed by atoms with van der Waals surface area (Å²) in [6, 6.07) is 4.28. The molecule has 6 heteroatoms. The summed E-state index contributed by atoms with van der Waals surface area (Å²) in [4.78, 5) is 29.0. The van der Waals surface area contributed by atoms with E-state index in [1.54, 1.807) is 11.3 Å². The lowest BCUT2D eigenvalue weighted by atomic mass is 9.90. The molecule has 1 aliphatic carbocycles. The molecule has 0 radical (unpaired) electrons. The first kappa shape index (κ1) is 20.5. The lowest BCUT2D eigenvalue weighted by Crippen LogP contribution is -2.66. The van der Waals surface area contributed by atoms with E-state index in [1.165, 1.54) is 32.1 Å². The molecule has 3 heterocycles. The van der Waals surface area contributed by atoms with E-state index >= 15 is 0 Å². The second-order valence-electron chi connectivity index (χ2n) is 9.01. The van der Waals surface area contributed by atoms with Gasteiger partial charge in [-0.1, -0.05) is 39.0 Å². The lowest BCUT2D eigenvalue weighted by molar-refractivity contribution is -0.135. The third kappa shape index (κ3) is 3.60. The first-order chi connectivity index (χ1) is 14.0. The molecular formula is C23H33N3O2S. The SMILES string of the molecule is CC[C@H](C)N1C(=O)c2cc3sccc3n2C[C@]1(C)C(=O)NC1CCCCCCC1. The van der Waals surface area contributed by atoms with Gasteiger partial charge in [-0.3, -0.25) is 9.59 Å². The van der Waals surface area contributed by atoms with Crippen LogP contribution in [0.1, 0.15) is 82.6 Å². The van der Waals surface area contributed by atoms with Gasteiger partial charge in [0.1, 0.15) is 11.2 Å². The average Bonchev–Trinajstić information content (AvgIpc) is 3.26. The highest BCUT2D eigenvalue weighted by Gasteiger charge is 2.49. The number of thiophene rings is 1. The van der Waals surface area contributed by atoms with Gasteiger partial charge in [0, 0.05) is 12.1 Å². The third-order valence-corrected chi connectivity index (χ3v) is 7.77. The Balaban J connectivity index is 1.67. The highest BCUT2D eigenvalue weighted by molar-refractivity contribution is 7.17. The van der Waals surface area contributed by atoms with E-state index < -0.39 is 5.54 Å². The molecule has 5 nitrogen and oxygen atoms in total. The molecule has 2 aromatic heterocycles. The Bertz CT molecular complexity index is 893. The number of rotatable bonds is 4. The average molecular weight is 416 g/mol. The summed E-state index contributed by atoms with van der Waals surface area (Å²) >= 11 is 1.65. The highest BCUT2D eigenvalue weighted by atomic mass is 32.1. The quantitative estimate of drug-likeness (QED) is 0.768. The molecule has 2 amide bonds. The van der Waals surface area contributed by atoms with E-state index in [0.29, 0.717) is 12.2 Å². The molecule has 1 fully saturated rings. The fourth-order valence-electron chi connectivity index (χ4n) is 5.05. The molecule has 0 saturated heterocycles. The number of aromatic nitrogens is 1.